The Bertz CT molecular complexity index is 570. The van der Waals surface area contributed by atoms with E-state index in [4.69, 9.17) is 10.6 Å². The van der Waals surface area contributed by atoms with Crippen LogP contribution in [0.5, 0.6) is 5.75 Å². The molecule has 20 heavy (non-hydrogen) atoms. The minimum Gasteiger partial charge on any atom is -0.475 e. The number of nitrogens with two attached hydrogens (primary N) is 1. The van der Waals surface area contributed by atoms with Crippen LogP contribution in [0.25, 0.3) is 0 Å². The molecule has 0 aliphatic carbocycles. The minimum atomic E-state index is -0.756. The van der Waals surface area contributed by atoms with Crippen molar-refractivity contribution < 1.29 is 9.53 Å². The van der Waals surface area contributed by atoms with E-state index in [1.54, 1.807) is 0 Å². The third-order valence-corrected chi connectivity index (χ3v) is 3.08. The topological polar surface area (TPSA) is 64.3 Å². The Kier molecular flexibility index (Phi) is 4.74. The van der Waals surface area contributed by atoms with Crippen LogP contribution in [0.2, 0.25) is 0 Å². The normalized spacial score (nSPS) is 11.7. The number of benzene rings is 2. The summed E-state index contributed by atoms with van der Waals surface area (Å²) in [7, 11) is 0. The fourth-order valence-electron chi connectivity index (χ4n) is 2.01. The summed E-state index contributed by atoms with van der Waals surface area (Å²) in [6.45, 7) is 2.04. The van der Waals surface area contributed by atoms with Gasteiger partial charge in [0.15, 0.2) is 0 Å². The second-order valence-corrected chi connectivity index (χ2v) is 4.38. The molecule has 0 aromatic heterocycles. The van der Waals surface area contributed by atoms with E-state index in [0.29, 0.717) is 5.75 Å². The summed E-state index contributed by atoms with van der Waals surface area (Å²) in [4.78, 5) is 12.0. The SMILES string of the molecule is CCc1ccccc1OC(C(=O)NN)c1ccccc1. The van der Waals surface area contributed by atoms with Crippen LogP contribution in [0.3, 0.4) is 0 Å². The molecular weight excluding hydrogens is 252 g/mol. The molecule has 0 aliphatic heterocycles. The Labute approximate surface area is 118 Å². The lowest BCUT2D eigenvalue weighted by Crippen LogP contribution is -2.37. The molecule has 0 aliphatic rings. The molecule has 0 spiro atoms. The summed E-state index contributed by atoms with van der Waals surface area (Å²) in [6.07, 6.45) is 0.0796. The highest BCUT2D eigenvalue weighted by Gasteiger charge is 2.22. The number of hydrogen-bond acceptors (Lipinski definition) is 3. The van der Waals surface area contributed by atoms with Crippen molar-refractivity contribution in [3.05, 3.63) is 65.7 Å². The number of nitrogens with one attached hydrogen (secondary N) is 1. The molecule has 0 fully saturated rings. The highest BCUT2D eigenvalue weighted by molar-refractivity contribution is 5.82. The van der Waals surface area contributed by atoms with Gasteiger partial charge in [0.05, 0.1) is 0 Å². The van der Waals surface area contributed by atoms with Gasteiger partial charge in [-0.2, -0.15) is 0 Å². The van der Waals surface area contributed by atoms with Gasteiger partial charge >= 0.3 is 0 Å². The average molecular weight is 270 g/mol. The summed E-state index contributed by atoms with van der Waals surface area (Å²) in [5, 5.41) is 0. The monoisotopic (exact) mass is 270 g/mol. The van der Waals surface area contributed by atoms with Crippen LogP contribution in [-0.2, 0) is 11.2 Å². The van der Waals surface area contributed by atoms with Crippen LogP contribution >= 0.6 is 0 Å². The highest BCUT2D eigenvalue weighted by Crippen LogP contribution is 2.25. The molecule has 0 heterocycles. The van der Waals surface area contributed by atoms with Gasteiger partial charge in [-0.3, -0.25) is 10.2 Å². The molecule has 0 radical (unpaired) electrons. The third kappa shape index (κ3) is 3.16. The first-order valence-electron chi connectivity index (χ1n) is 6.56. The summed E-state index contributed by atoms with van der Waals surface area (Å²) >= 11 is 0. The van der Waals surface area contributed by atoms with Crippen molar-refractivity contribution in [1.29, 1.82) is 0 Å². The van der Waals surface area contributed by atoms with Gasteiger partial charge in [0, 0.05) is 5.56 Å². The van der Waals surface area contributed by atoms with E-state index in [1.807, 2.05) is 61.5 Å². The van der Waals surface area contributed by atoms with E-state index in [0.717, 1.165) is 17.5 Å². The predicted molar refractivity (Wildman–Crippen MR) is 78.0 cm³/mol. The Morgan fingerprint density at radius 1 is 1.15 bits per heavy atom. The lowest BCUT2D eigenvalue weighted by Gasteiger charge is -2.19. The number of carbonyl (C=O) groups is 1. The van der Waals surface area contributed by atoms with Gasteiger partial charge in [0.25, 0.3) is 5.91 Å². The first-order valence-corrected chi connectivity index (χ1v) is 6.56. The van der Waals surface area contributed by atoms with Crippen LogP contribution in [0.15, 0.2) is 54.6 Å². The molecule has 0 bridgehead atoms. The van der Waals surface area contributed by atoms with Crippen molar-refractivity contribution in [3.63, 3.8) is 0 Å². The number of aryl methyl sites for hydroxylation is 1. The standard InChI is InChI=1S/C16H18N2O2/c1-2-12-8-6-7-11-14(12)20-15(16(19)18-17)13-9-4-3-5-10-13/h3-11,15H,2,17H2,1H3,(H,18,19). The number of ether oxygens (including phenoxy) is 1. The molecule has 1 unspecified atom stereocenters. The molecule has 4 nitrogen and oxygen atoms in total. The first-order chi connectivity index (χ1) is 9.76. The van der Waals surface area contributed by atoms with Gasteiger partial charge in [0.2, 0.25) is 6.10 Å². The lowest BCUT2D eigenvalue weighted by atomic mass is 10.1. The van der Waals surface area contributed by atoms with Crippen molar-refractivity contribution in [3.8, 4) is 5.75 Å². The van der Waals surface area contributed by atoms with Gasteiger partial charge in [0.1, 0.15) is 5.75 Å². The van der Waals surface area contributed by atoms with Gasteiger partial charge in [-0.15, -0.1) is 0 Å². The van der Waals surface area contributed by atoms with E-state index in [-0.39, 0.29) is 5.91 Å². The molecular formula is C16H18N2O2. The number of para-hydroxylation sites is 1. The van der Waals surface area contributed by atoms with E-state index in [1.165, 1.54) is 0 Å². The molecule has 2 rings (SSSR count). The van der Waals surface area contributed by atoms with Crippen LogP contribution in [0, 0.1) is 0 Å². The molecule has 3 N–H and O–H groups in total. The van der Waals surface area contributed by atoms with Crippen molar-refractivity contribution in [2.45, 2.75) is 19.4 Å². The average Bonchev–Trinajstić information content (AvgIpc) is 2.53. The molecule has 4 heteroatoms. The highest BCUT2D eigenvalue weighted by atomic mass is 16.5. The number of hydrogen-bond donors (Lipinski definition) is 2. The van der Waals surface area contributed by atoms with Crippen LogP contribution in [0.1, 0.15) is 24.2 Å². The van der Waals surface area contributed by atoms with Gasteiger partial charge in [-0.1, -0.05) is 55.5 Å². The third-order valence-electron chi connectivity index (χ3n) is 3.08. The Hall–Kier alpha value is -2.33. The molecule has 2 aromatic carbocycles. The molecule has 1 atom stereocenters. The lowest BCUT2D eigenvalue weighted by molar-refractivity contribution is -0.128. The zero-order valence-corrected chi connectivity index (χ0v) is 11.4. The maximum absolute atomic E-state index is 12.0. The van der Waals surface area contributed by atoms with Crippen LogP contribution < -0.4 is 16.0 Å². The Balaban J connectivity index is 2.31. The zero-order chi connectivity index (χ0) is 14.4. The van der Waals surface area contributed by atoms with Crippen molar-refractivity contribution in [2.24, 2.45) is 5.84 Å². The quantitative estimate of drug-likeness (QED) is 0.498. The predicted octanol–water partition coefficient (Wildman–Crippen LogP) is 2.36. The number of rotatable bonds is 5. The van der Waals surface area contributed by atoms with Crippen molar-refractivity contribution in [2.75, 3.05) is 0 Å². The fraction of sp³-hybridized carbons (Fsp3) is 0.188. The van der Waals surface area contributed by atoms with Gasteiger partial charge in [-0.05, 0) is 18.1 Å². The van der Waals surface area contributed by atoms with Crippen LogP contribution in [0.4, 0.5) is 0 Å². The summed E-state index contributed by atoms with van der Waals surface area (Å²) in [5.74, 6) is 5.58. The van der Waals surface area contributed by atoms with Gasteiger partial charge in [-0.25, -0.2) is 5.84 Å². The van der Waals surface area contributed by atoms with E-state index in [2.05, 4.69) is 5.43 Å². The molecule has 104 valence electrons. The van der Waals surface area contributed by atoms with E-state index < -0.39 is 6.10 Å². The fourth-order valence-corrected chi connectivity index (χ4v) is 2.01. The van der Waals surface area contributed by atoms with Crippen molar-refractivity contribution >= 4 is 5.91 Å². The van der Waals surface area contributed by atoms with E-state index in [9.17, 15) is 4.79 Å². The zero-order valence-electron chi connectivity index (χ0n) is 11.4. The maximum atomic E-state index is 12.0. The number of carbonyl (C=O) groups excluding carboxylic acids is 1. The summed E-state index contributed by atoms with van der Waals surface area (Å²) in [5.41, 5.74) is 3.98. The smallest absolute Gasteiger partial charge is 0.279 e. The van der Waals surface area contributed by atoms with Crippen LogP contribution in [-0.4, -0.2) is 5.91 Å². The van der Waals surface area contributed by atoms with Crippen molar-refractivity contribution in [1.82, 2.24) is 5.43 Å². The second kappa shape index (κ2) is 6.73. The van der Waals surface area contributed by atoms with Gasteiger partial charge < -0.3 is 4.74 Å². The summed E-state index contributed by atoms with van der Waals surface area (Å²) < 4.78 is 5.88. The molecule has 2 aromatic rings. The molecule has 0 saturated carbocycles. The summed E-state index contributed by atoms with van der Waals surface area (Å²) in [6, 6.07) is 17.0. The number of amides is 1. The van der Waals surface area contributed by atoms with E-state index >= 15 is 0 Å². The largest absolute Gasteiger partial charge is 0.475 e. The Morgan fingerprint density at radius 2 is 1.80 bits per heavy atom. The minimum absolute atomic E-state index is 0.373. The second-order valence-electron chi connectivity index (χ2n) is 4.38. The molecule has 1 amide bonds. The number of hydrazine groups is 1. The first kappa shape index (κ1) is 14.1. The maximum Gasteiger partial charge on any atom is 0.279 e. The Morgan fingerprint density at radius 3 is 2.45 bits per heavy atom. The molecule has 0 saturated heterocycles.